The lowest BCUT2D eigenvalue weighted by molar-refractivity contribution is 0.247. The summed E-state index contributed by atoms with van der Waals surface area (Å²) in [5, 5.41) is 4.58. The number of hydrogen-bond donors (Lipinski definition) is 2. The van der Waals surface area contributed by atoms with Crippen molar-refractivity contribution in [2.75, 3.05) is 0 Å². The molecule has 0 radical (unpaired) electrons. The Labute approximate surface area is 61.1 Å². The van der Waals surface area contributed by atoms with Gasteiger partial charge in [0.25, 0.3) is 0 Å². The van der Waals surface area contributed by atoms with Crippen LogP contribution in [0.15, 0.2) is 38.7 Å². The minimum atomic E-state index is -0.324. The van der Waals surface area contributed by atoms with Crippen molar-refractivity contribution in [1.82, 2.24) is 10.6 Å². The molecule has 0 bridgehead atoms. The molecule has 56 valence electrons. The lowest BCUT2D eigenvalue weighted by Crippen LogP contribution is -2.27. The molecule has 0 rings (SSSR count). The number of nitrogens with one attached hydrogen (secondary N) is 2. The molecule has 0 unspecified atom stereocenters. The molecular formula is C7H12N2O. The van der Waals surface area contributed by atoms with E-state index in [1.165, 1.54) is 12.4 Å². The van der Waals surface area contributed by atoms with Crippen LogP contribution in [0.4, 0.5) is 4.79 Å². The van der Waals surface area contributed by atoms with Crippen LogP contribution in [0.1, 0.15) is 0 Å². The second-order valence-electron chi connectivity index (χ2n) is 1.03. The van der Waals surface area contributed by atoms with Crippen molar-refractivity contribution in [2.24, 2.45) is 0 Å². The van der Waals surface area contributed by atoms with E-state index >= 15 is 0 Å². The van der Waals surface area contributed by atoms with Gasteiger partial charge in [-0.2, -0.15) is 0 Å². The molecule has 0 fully saturated rings. The van der Waals surface area contributed by atoms with Crippen molar-refractivity contribution in [3.63, 3.8) is 0 Å². The molecule has 2 amide bonds. The first-order valence-electron chi connectivity index (χ1n) is 2.60. The molecule has 0 aromatic carbocycles. The Morgan fingerprint density at radius 2 is 1.40 bits per heavy atom. The van der Waals surface area contributed by atoms with Crippen molar-refractivity contribution < 1.29 is 4.79 Å². The van der Waals surface area contributed by atoms with Crippen LogP contribution in [0.3, 0.4) is 0 Å². The Hall–Kier alpha value is -1.51. The fourth-order valence-corrected chi connectivity index (χ4v) is 0.227. The van der Waals surface area contributed by atoms with Crippen LogP contribution in [-0.4, -0.2) is 6.03 Å². The maximum absolute atomic E-state index is 10.3. The second kappa shape index (κ2) is 10.5. The van der Waals surface area contributed by atoms with Crippen LogP contribution in [-0.2, 0) is 0 Å². The lowest BCUT2D eigenvalue weighted by atomic mass is 10.8. The normalized spacial score (nSPS) is 6.00. The van der Waals surface area contributed by atoms with Gasteiger partial charge in [-0.15, -0.1) is 13.2 Å². The van der Waals surface area contributed by atoms with Gasteiger partial charge < -0.3 is 10.6 Å². The maximum atomic E-state index is 10.3. The zero-order chi connectivity index (χ0) is 8.41. The van der Waals surface area contributed by atoms with Gasteiger partial charge in [0, 0.05) is 0 Å². The van der Waals surface area contributed by atoms with Crippen LogP contribution in [0.2, 0.25) is 0 Å². The van der Waals surface area contributed by atoms with Crippen LogP contribution < -0.4 is 10.6 Å². The van der Waals surface area contributed by atoms with Crippen molar-refractivity contribution in [3.8, 4) is 0 Å². The van der Waals surface area contributed by atoms with Crippen LogP contribution in [0.25, 0.3) is 0 Å². The van der Waals surface area contributed by atoms with Crippen LogP contribution in [0, 0.1) is 0 Å². The van der Waals surface area contributed by atoms with E-state index in [9.17, 15) is 4.79 Å². The highest BCUT2D eigenvalue weighted by molar-refractivity contribution is 5.75. The van der Waals surface area contributed by atoms with Crippen molar-refractivity contribution >= 4 is 6.03 Å². The predicted molar refractivity (Wildman–Crippen MR) is 43.3 cm³/mol. The lowest BCUT2D eigenvalue weighted by Gasteiger charge is -1.93. The second-order valence-corrected chi connectivity index (χ2v) is 1.03. The molecule has 3 heteroatoms. The van der Waals surface area contributed by atoms with E-state index in [2.05, 4.69) is 36.9 Å². The summed E-state index contributed by atoms with van der Waals surface area (Å²) in [6, 6.07) is -0.324. The molecule has 3 nitrogen and oxygen atoms in total. The largest absolute Gasteiger partial charge is 0.322 e. The van der Waals surface area contributed by atoms with Crippen LogP contribution >= 0.6 is 0 Å². The Balaban J connectivity index is 0. The SMILES string of the molecule is C=C.C=CNC(=O)NC=C. The van der Waals surface area contributed by atoms with E-state index < -0.39 is 0 Å². The monoisotopic (exact) mass is 140 g/mol. The van der Waals surface area contributed by atoms with Gasteiger partial charge in [0.2, 0.25) is 0 Å². The molecule has 0 aliphatic heterocycles. The molecule has 0 aromatic rings. The van der Waals surface area contributed by atoms with Crippen molar-refractivity contribution in [1.29, 1.82) is 0 Å². The first-order chi connectivity index (χ1) is 4.81. The Bertz CT molecular complexity index is 109. The number of hydrogen-bond acceptors (Lipinski definition) is 1. The Kier molecular flexibility index (Phi) is 11.8. The van der Waals surface area contributed by atoms with E-state index in [0.717, 1.165) is 0 Å². The fourth-order valence-electron chi connectivity index (χ4n) is 0.227. The third kappa shape index (κ3) is 9.70. The molecule has 0 saturated carbocycles. The van der Waals surface area contributed by atoms with Gasteiger partial charge in [-0.05, 0) is 12.4 Å². The van der Waals surface area contributed by atoms with E-state index in [0.29, 0.717) is 0 Å². The van der Waals surface area contributed by atoms with Gasteiger partial charge >= 0.3 is 6.03 Å². The zero-order valence-electron chi connectivity index (χ0n) is 5.89. The summed E-state index contributed by atoms with van der Waals surface area (Å²) < 4.78 is 0. The van der Waals surface area contributed by atoms with E-state index in [1.54, 1.807) is 0 Å². The van der Waals surface area contributed by atoms with Crippen molar-refractivity contribution in [2.45, 2.75) is 0 Å². The first kappa shape index (κ1) is 11.3. The molecule has 0 atom stereocenters. The van der Waals surface area contributed by atoms with E-state index in [1.807, 2.05) is 0 Å². The molecule has 0 saturated heterocycles. The average Bonchev–Trinajstić information content (AvgIpc) is 1.93. The molecule has 10 heavy (non-hydrogen) atoms. The molecule has 0 aliphatic rings. The summed E-state index contributed by atoms with van der Waals surface area (Å²) >= 11 is 0. The standard InChI is InChI=1S/C5H8N2O.C2H4/c1-3-6-5(8)7-4-2;1-2/h3-4H,1-2H2,(H2,6,7,8);1-2H2. The summed E-state index contributed by atoms with van der Waals surface area (Å²) in [5.41, 5.74) is 0. The first-order valence-corrected chi connectivity index (χ1v) is 2.60. The zero-order valence-corrected chi connectivity index (χ0v) is 5.89. The number of carbonyl (C=O) groups excluding carboxylic acids is 1. The molecule has 0 spiro atoms. The summed E-state index contributed by atoms with van der Waals surface area (Å²) in [7, 11) is 0. The van der Waals surface area contributed by atoms with Gasteiger partial charge in [0.15, 0.2) is 0 Å². The van der Waals surface area contributed by atoms with Gasteiger partial charge in [-0.25, -0.2) is 4.79 Å². The highest BCUT2D eigenvalue weighted by atomic mass is 16.2. The van der Waals surface area contributed by atoms with Crippen molar-refractivity contribution in [3.05, 3.63) is 38.7 Å². The third-order valence-electron chi connectivity index (χ3n) is 0.466. The molecule has 0 heterocycles. The highest BCUT2D eigenvalue weighted by Crippen LogP contribution is 1.60. The summed E-state index contributed by atoms with van der Waals surface area (Å²) in [6.07, 6.45) is 2.58. The molecule has 2 N–H and O–H groups in total. The fraction of sp³-hybridized carbons (Fsp3) is 0. The maximum Gasteiger partial charge on any atom is 0.322 e. The molecule has 0 aliphatic carbocycles. The Morgan fingerprint density at radius 3 is 1.60 bits per heavy atom. The smallest absolute Gasteiger partial charge is 0.315 e. The predicted octanol–water partition coefficient (Wildman–Crippen LogP) is 1.37. The molecule has 0 aromatic heterocycles. The number of rotatable bonds is 2. The van der Waals surface area contributed by atoms with E-state index in [4.69, 9.17) is 0 Å². The van der Waals surface area contributed by atoms with Gasteiger partial charge in [-0.1, -0.05) is 13.2 Å². The Morgan fingerprint density at radius 1 is 1.10 bits per heavy atom. The topological polar surface area (TPSA) is 41.1 Å². The van der Waals surface area contributed by atoms with Gasteiger partial charge in [-0.3, -0.25) is 0 Å². The summed E-state index contributed by atoms with van der Waals surface area (Å²) in [5.74, 6) is 0. The number of amides is 2. The minimum absolute atomic E-state index is 0.324. The van der Waals surface area contributed by atoms with Gasteiger partial charge in [0.05, 0.1) is 0 Å². The summed E-state index contributed by atoms with van der Waals surface area (Å²) in [6.45, 7) is 12.6. The van der Waals surface area contributed by atoms with Crippen LogP contribution in [0.5, 0.6) is 0 Å². The average molecular weight is 140 g/mol. The summed E-state index contributed by atoms with van der Waals surface area (Å²) in [4.78, 5) is 10.3. The highest BCUT2D eigenvalue weighted by Gasteiger charge is 1.86. The van der Waals surface area contributed by atoms with E-state index in [-0.39, 0.29) is 6.03 Å². The quantitative estimate of drug-likeness (QED) is 0.559. The van der Waals surface area contributed by atoms with Gasteiger partial charge in [0.1, 0.15) is 0 Å². The number of urea groups is 1. The molecular weight excluding hydrogens is 128 g/mol. The third-order valence-corrected chi connectivity index (χ3v) is 0.466. The minimum Gasteiger partial charge on any atom is -0.315 e. The number of carbonyl (C=O) groups is 1.